The molecule has 0 bridgehead atoms. The van der Waals surface area contributed by atoms with Crippen molar-refractivity contribution in [3.05, 3.63) is 24.3 Å². The zero-order valence-electron chi connectivity index (χ0n) is 22.2. The molecule has 9 nitrogen and oxygen atoms in total. The highest BCUT2D eigenvalue weighted by Crippen LogP contribution is 2.34. The van der Waals surface area contributed by atoms with Gasteiger partial charge in [0.25, 0.3) is 0 Å². The zero-order valence-corrected chi connectivity index (χ0v) is 22.2. The highest BCUT2D eigenvalue weighted by Gasteiger charge is 2.32. The van der Waals surface area contributed by atoms with Gasteiger partial charge in [0.2, 0.25) is 0 Å². The third-order valence-corrected chi connectivity index (χ3v) is 7.04. The van der Waals surface area contributed by atoms with Gasteiger partial charge in [-0.05, 0) is 89.5 Å². The first-order valence-corrected chi connectivity index (χ1v) is 13.1. The Bertz CT molecular complexity index is 882. The third kappa shape index (κ3) is 7.77. The van der Waals surface area contributed by atoms with Crippen molar-refractivity contribution in [3.8, 4) is 0 Å². The summed E-state index contributed by atoms with van der Waals surface area (Å²) < 4.78 is 10.5. The molecule has 2 saturated heterocycles. The second-order valence-electron chi connectivity index (χ2n) is 10.7. The molecule has 0 aliphatic carbocycles. The molecule has 3 rings (SSSR count). The van der Waals surface area contributed by atoms with Crippen molar-refractivity contribution in [2.24, 2.45) is 17.6 Å². The molecule has 9 heteroatoms. The van der Waals surface area contributed by atoms with E-state index in [0.29, 0.717) is 24.1 Å². The maximum Gasteiger partial charge on any atom is 0.410 e. The first kappa shape index (κ1) is 27.6. The summed E-state index contributed by atoms with van der Waals surface area (Å²) in [5.41, 5.74) is 6.87. The lowest BCUT2D eigenvalue weighted by atomic mass is 9.79. The van der Waals surface area contributed by atoms with Crippen molar-refractivity contribution in [3.63, 3.8) is 0 Å². The molecule has 2 fully saturated rings. The molecule has 2 heterocycles. The molecule has 36 heavy (non-hydrogen) atoms. The van der Waals surface area contributed by atoms with E-state index in [1.807, 2.05) is 49.9 Å². The van der Waals surface area contributed by atoms with Gasteiger partial charge in [-0.3, -0.25) is 9.69 Å². The van der Waals surface area contributed by atoms with Gasteiger partial charge in [0.05, 0.1) is 13.0 Å². The van der Waals surface area contributed by atoms with Crippen LogP contribution in [-0.2, 0) is 14.3 Å². The highest BCUT2D eigenvalue weighted by atomic mass is 16.6. The Morgan fingerprint density at radius 2 is 1.53 bits per heavy atom. The molecule has 2 aliphatic rings. The van der Waals surface area contributed by atoms with Crippen LogP contribution in [0.2, 0.25) is 0 Å². The van der Waals surface area contributed by atoms with E-state index in [1.54, 1.807) is 6.92 Å². The summed E-state index contributed by atoms with van der Waals surface area (Å²) >= 11 is 0. The van der Waals surface area contributed by atoms with Crippen molar-refractivity contribution in [2.45, 2.75) is 65.4 Å². The summed E-state index contributed by atoms with van der Waals surface area (Å²) in [4.78, 5) is 41.6. The smallest absolute Gasteiger partial charge is 0.410 e. The van der Waals surface area contributed by atoms with Gasteiger partial charge in [0.1, 0.15) is 5.60 Å². The van der Waals surface area contributed by atoms with Crippen molar-refractivity contribution in [2.75, 3.05) is 49.1 Å². The molecule has 0 saturated carbocycles. The maximum atomic E-state index is 12.3. The van der Waals surface area contributed by atoms with E-state index < -0.39 is 11.6 Å². The molecule has 0 spiro atoms. The number of hydrogen-bond donors (Lipinski definition) is 1. The molecule has 200 valence electrons. The Morgan fingerprint density at radius 3 is 2.03 bits per heavy atom. The van der Waals surface area contributed by atoms with Gasteiger partial charge in [0.15, 0.2) is 0 Å². The number of rotatable bonds is 7. The van der Waals surface area contributed by atoms with E-state index in [2.05, 4.69) is 4.90 Å². The monoisotopic (exact) mass is 502 g/mol. The van der Waals surface area contributed by atoms with Gasteiger partial charge in [-0.2, -0.15) is 0 Å². The number of amides is 3. The van der Waals surface area contributed by atoms with Crippen LogP contribution in [0.5, 0.6) is 0 Å². The van der Waals surface area contributed by atoms with E-state index >= 15 is 0 Å². The quantitative estimate of drug-likeness (QED) is 0.555. The number of hydrogen-bond acceptors (Lipinski definition) is 6. The van der Waals surface area contributed by atoms with Crippen LogP contribution in [-0.4, -0.2) is 67.9 Å². The van der Waals surface area contributed by atoms with Crippen molar-refractivity contribution in [1.82, 2.24) is 4.90 Å². The topological polar surface area (TPSA) is 105 Å². The number of nitrogens with zero attached hydrogens (tertiary/aromatic N) is 3. The van der Waals surface area contributed by atoms with Crippen LogP contribution >= 0.6 is 0 Å². The number of nitrogens with two attached hydrogens (primary N) is 1. The van der Waals surface area contributed by atoms with E-state index in [1.165, 1.54) is 4.90 Å². The number of esters is 1. The predicted octanol–water partition coefficient (Wildman–Crippen LogP) is 4.39. The van der Waals surface area contributed by atoms with Gasteiger partial charge in [-0.1, -0.05) is 0 Å². The largest absolute Gasteiger partial charge is 0.466 e. The van der Waals surface area contributed by atoms with Gasteiger partial charge in [-0.15, -0.1) is 0 Å². The van der Waals surface area contributed by atoms with Gasteiger partial charge in [0, 0.05) is 44.1 Å². The Labute approximate surface area is 214 Å². The van der Waals surface area contributed by atoms with Crippen LogP contribution in [0.1, 0.15) is 59.8 Å². The van der Waals surface area contributed by atoms with Crippen LogP contribution < -0.4 is 15.5 Å². The van der Waals surface area contributed by atoms with E-state index in [4.69, 9.17) is 15.2 Å². The van der Waals surface area contributed by atoms with Gasteiger partial charge < -0.3 is 25.0 Å². The van der Waals surface area contributed by atoms with Crippen LogP contribution in [0.25, 0.3) is 0 Å². The normalized spacial score (nSPS) is 17.6. The number of ether oxygens (including phenoxy) is 2. The lowest BCUT2D eigenvalue weighted by molar-refractivity contribution is -0.142. The van der Waals surface area contributed by atoms with Crippen LogP contribution in [0.3, 0.4) is 0 Å². The Balaban J connectivity index is 1.47. The van der Waals surface area contributed by atoms with Gasteiger partial charge in [-0.25, -0.2) is 9.59 Å². The molecule has 0 radical (unpaired) electrons. The summed E-state index contributed by atoms with van der Waals surface area (Å²) in [6, 6.07) is 7.18. The minimum Gasteiger partial charge on any atom is -0.466 e. The number of carbonyl (C=O) groups is 3. The van der Waals surface area contributed by atoms with E-state index in [-0.39, 0.29) is 25.0 Å². The third-order valence-electron chi connectivity index (χ3n) is 7.04. The number of urea groups is 1. The van der Waals surface area contributed by atoms with Crippen LogP contribution in [0.4, 0.5) is 21.0 Å². The molecule has 2 N–H and O–H groups in total. The van der Waals surface area contributed by atoms with E-state index in [9.17, 15) is 14.4 Å². The number of carbonyl (C=O) groups excluding carboxylic acids is 3. The number of primary amides is 1. The fourth-order valence-corrected chi connectivity index (χ4v) is 5.16. The van der Waals surface area contributed by atoms with Crippen molar-refractivity contribution >= 4 is 29.5 Å². The van der Waals surface area contributed by atoms with Crippen molar-refractivity contribution in [1.29, 1.82) is 0 Å². The number of benzene rings is 1. The molecule has 0 aromatic heterocycles. The minimum absolute atomic E-state index is 0.0999. The van der Waals surface area contributed by atoms with Crippen molar-refractivity contribution < 1.29 is 23.9 Å². The molecule has 1 aromatic carbocycles. The Hall–Kier alpha value is -2.97. The molecule has 3 amide bonds. The first-order chi connectivity index (χ1) is 17.1. The number of piperidine rings is 2. The molecular weight excluding hydrogens is 460 g/mol. The summed E-state index contributed by atoms with van der Waals surface area (Å²) in [6.07, 6.45) is 4.23. The predicted molar refractivity (Wildman–Crippen MR) is 140 cm³/mol. The zero-order chi connectivity index (χ0) is 26.3. The average molecular weight is 503 g/mol. The second-order valence-corrected chi connectivity index (χ2v) is 10.7. The van der Waals surface area contributed by atoms with Gasteiger partial charge >= 0.3 is 18.1 Å². The first-order valence-electron chi connectivity index (χ1n) is 13.1. The second kappa shape index (κ2) is 12.3. The average Bonchev–Trinajstić information content (AvgIpc) is 2.84. The summed E-state index contributed by atoms with van der Waals surface area (Å²) in [6.45, 7) is 11.5. The SMILES string of the molecule is CCOC(=O)CCN(C(N)=O)c1ccc(N2CCC(C3CCN(C(=O)OC(C)(C)C)CC3)CC2)cc1. The van der Waals surface area contributed by atoms with Crippen LogP contribution in [0.15, 0.2) is 24.3 Å². The Kier molecular flexibility index (Phi) is 9.45. The molecule has 2 aliphatic heterocycles. The highest BCUT2D eigenvalue weighted by molar-refractivity contribution is 5.91. The van der Waals surface area contributed by atoms with E-state index in [0.717, 1.165) is 57.5 Å². The number of anilines is 2. The molecule has 0 atom stereocenters. The minimum atomic E-state index is -0.592. The van der Waals surface area contributed by atoms with Crippen LogP contribution in [0, 0.1) is 11.8 Å². The molecular formula is C27H42N4O5. The lowest BCUT2D eigenvalue weighted by Gasteiger charge is -2.41. The standard InChI is InChI=1S/C27H42N4O5/c1-5-35-24(32)14-19-31(25(28)33)23-8-6-22(7-9-23)29-15-10-20(11-16-29)21-12-17-30(18-13-21)26(34)36-27(2,3)4/h6-9,20-21H,5,10-19H2,1-4H3,(H2,28,33). The summed E-state index contributed by atoms with van der Waals surface area (Å²) in [5, 5.41) is 0. The number of likely N-dealkylation sites (tertiary alicyclic amines) is 1. The summed E-state index contributed by atoms with van der Waals surface area (Å²) in [7, 11) is 0. The fraction of sp³-hybridized carbons (Fsp3) is 0.667. The fourth-order valence-electron chi connectivity index (χ4n) is 5.16. The summed E-state index contributed by atoms with van der Waals surface area (Å²) in [5.74, 6) is 0.977. The lowest BCUT2D eigenvalue weighted by Crippen LogP contribution is -2.44. The maximum absolute atomic E-state index is 12.3. The molecule has 0 unspecified atom stereocenters. The molecule has 1 aromatic rings. The Morgan fingerprint density at radius 1 is 0.972 bits per heavy atom.